The topological polar surface area (TPSA) is 39.2 Å². The molecule has 0 amide bonds. The predicted molar refractivity (Wildman–Crippen MR) is 73.3 cm³/mol. The van der Waals surface area contributed by atoms with Gasteiger partial charge in [-0.05, 0) is 44.7 Å². The van der Waals surface area contributed by atoms with Gasteiger partial charge in [-0.15, -0.1) is 0 Å². The molecule has 0 aromatic carbocycles. The van der Waals surface area contributed by atoms with E-state index in [4.69, 9.17) is 16.3 Å². The van der Waals surface area contributed by atoms with Crippen molar-refractivity contribution in [2.45, 2.75) is 47.0 Å². The zero-order valence-corrected chi connectivity index (χ0v) is 12.2. The lowest BCUT2D eigenvalue weighted by molar-refractivity contribution is 0.0523. The normalized spacial score (nSPS) is 10.5. The summed E-state index contributed by atoms with van der Waals surface area (Å²) in [5.74, 6) is -0.298. The molecule has 0 bridgehead atoms. The molecule has 0 N–H and O–H groups in total. The summed E-state index contributed by atoms with van der Waals surface area (Å²) in [4.78, 5) is 16.3. The first-order chi connectivity index (χ1) is 8.52. The maximum absolute atomic E-state index is 12.0. The number of rotatable bonds is 5. The molecule has 1 heterocycles. The maximum atomic E-state index is 12.0. The second kappa shape index (κ2) is 6.74. The lowest BCUT2D eigenvalue weighted by Crippen LogP contribution is -2.13. The van der Waals surface area contributed by atoms with E-state index in [2.05, 4.69) is 11.9 Å². The van der Waals surface area contributed by atoms with Crippen LogP contribution in [0, 0.1) is 13.8 Å². The summed E-state index contributed by atoms with van der Waals surface area (Å²) in [6.45, 7) is 8.04. The van der Waals surface area contributed by atoms with Gasteiger partial charge in [0.05, 0.1) is 17.9 Å². The summed E-state index contributed by atoms with van der Waals surface area (Å²) in [5, 5.41) is 0.478. The highest BCUT2D eigenvalue weighted by Gasteiger charge is 2.20. The molecule has 0 aliphatic heterocycles. The Kier molecular flexibility index (Phi) is 5.60. The fraction of sp³-hybridized carbons (Fsp3) is 0.571. The third-order valence-electron chi connectivity index (χ3n) is 3.02. The van der Waals surface area contributed by atoms with Crippen molar-refractivity contribution in [2.24, 2.45) is 0 Å². The molecule has 100 valence electrons. The first kappa shape index (κ1) is 15.0. The van der Waals surface area contributed by atoms with Crippen molar-refractivity contribution < 1.29 is 9.53 Å². The van der Waals surface area contributed by atoms with Crippen LogP contribution in [-0.4, -0.2) is 17.6 Å². The molecular formula is C14H20ClNO2. The van der Waals surface area contributed by atoms with Crippen LogP contribution in [0.25, 0.3) is 0 Å². The molecule has 0 unspecified atom stereocenters. The Balaban J connectivity index is 3.25. The van der Waals surface area contributed by atoms with E-state index in [1.54, 1.807) is 6.92 Å². The number of hydrogen-bond donors (Lipinski definition) is 0. The van der Waals surface area contributed by atoms with E-state index in [0.717, 1.165) is 36.1 Å². The summed E-state index contributed by atoms with van der Waals surface area (Å²) in [6.07, 6.45) is 2.79. The monoisotopic (exact) mass is 269 g/mol. The minimum absolute atomic E-state index is 0.298. The molecule has 0 saturated heterocycles. The molecule has 3 nitrogen and oxygen atoms in total. The number of carbonyl (C=O) groups is 1. The Bertz CT molecular complexity index is 444. The molecule has 0 fully saturated rings. The summed E-state index contributed by atoms with van der Waals surface area (Å²) in [7, 11) is 0. The van der Waals surface area contributed by atoms with E-state index in [9.17, 15) is 4.79 Å². The number of hydrogen-bond acceptors (Lipinski definition) is 3. The molecule has 0 aliphatic carbocycles. The Morgan fingerprint density at radius 1 is 1.28 bits per heavy atom. The molecule has 0 aliphatic rings. The van der Waals surface area contributed by atoms with Crippen molar-refractivity contribution >= 4 is 17.6 Å². The number of pyridine rings is 1. The highest BCUT2D eigenvalue weighted by molar-refractivity contribution is 6.30. The highest BCUT2D eigenvalue weighted by atomic mass is 35.5. The van der Waals surface area contributed by atoms with Crippen molar-refractivity contribution in [3.63, 3.8) is 0 Å². The molecule has 0 radical (unpaired) electrons. The number of nitrogens with zero attached hydrogens (tertiary/aromatic N) is 1. The van der Waals surface area contributed by atoms with Gasteiger partial charge in [0.1, 0.15) is 5.15 Å². The van der Waals surface area contributed by atoms with Crippen molar-refractivity contribution in [3.8, 4) is 0 Å². The van der Waals surface area contributed by atoms with Gasteiger partial charge in [0.2, 0.25) is 0 Å². The van der Waals surface area contributed by atoms with Gasteiger partial charge in [-0.3, -0.25) is 0 Å². The van der Waals surface area contributed by atoms with Gasteiger partial charge in [0, 0.05) is 0 Å². The molecular weight excluding hydrogens is 250 g/mol. The second-order valence-electron chi connectivity index (χ2n) is 4.30. The Morgan fingerprint density at radius 2 is 1.94 bits per heavy atom. The number of esters is 1. The van der Waals surface area contributed by atoms with Crippen LogP contribution in [-0.2, 0) is 11.2 Å². The third-order valence-corrected chi connectivity index (χ3v) is 3.38. The van der Waals surface area contributed by atoms with Crippen LogP contribution in [0.15, 0.2) is 0 Å². The van der Waals surface area contributed by atoms with Crippen molar-refractivity contribution in [2.75, 3.05) is 6.61 Å². The lowest BCUT2D eigenvalue weighted by Gasteiger charge is -2.14. The van der Waals surface area contributed by atoms with Gasteiger partial charge in [-0.25, -0.2) is 9.78 Å². The summed E-state index contributed by atoms with van der Waals surface area (Å²) >= 11 is 6.09. The SMILES string of the molecule is CCCCc1nc(Cl)c(C)c(C)c1C(=O)OCC. The molecule has 1 aromatic rings. The van der Waals surface area contributed by atoms with E-state index < -0.39 is 0 Å². The quantitative estimate of drug-likeness (QED) is 0.602. The fourth-order valence-electron chi connectivity index (χ4n) is 1.82. The largest absolute Gasteiger partial charge is 0.462 e. The van der Waals surface area contributed by atoms with Crippen LogP contribution in [0.4, 0.5) is 0 Å². The standard InChI is InChI=1S/C14H20ClNO2/c1-5-7-8-11-12(14(17)18-6-2)9(3)10(4)13(15)16-11/h5-8H2,1-4H3. The minimum atomic E-state index is -0.298. The number of carbonyl (C=O) groups excluding carboxylic acids is 1. The summed E-state index contributed by atoms with van der Waals surface area (Å²) in [5.41, 5.74) is 3.06. The average molecular weight is 270 g/mol. The van der Waals surface area contributed by atoms with Crippen molar-refractivity contribution in [1.29, 1.82) is 0 Å². The fourth-order valence-corrected chi connectivity index (χ4v) is 2.06. The number of halogens is 1. The van der Waals surface area contributed by atoms with Crippen LogP contribution < -0.4 is 0 Å². The first-order valence-electron chi connectivity index (χ1n) is 6.35. The van der Waals surface area contributed by atoms with Crippen molar-refractivity contribution in [1.82, 2.24) is 4.98 Å². The number of aromatic nitrogens is 1. The smallest absolute Gasteiger partial charge is 0.340 e. The Labute approximate surface area is 114 Å². The summed E-state index contributed by atoms with van der Waals surface area (Å²) in [6, 6.07) is 0. The third kappa shape index (κ3) is 3.22. The lowest BCUT2D eigenvalue weighted by atomic mass is 10.0. The van der Waals surface area contributed by atoms with Crippen LogP contribution in [0.3, 0.4) is 0 Å². The van der Waals surface area contributed by atoms with Crippen LogP contribution >= 0.6 is 11.6 Å². The molecule has 0 saturated carbocycles. The van der Waals surface area contributed by atoms with E-state index in [1.807, 2.05) is 13.8 Å². The Morgan fingerprint density at radius 3 is 2.50 bits per heavy atom. The number of ether oxygens (including phenoxy) is 1. The molecule has 1 rings (SSSR count). The predicted octanol–water partition coefficient (Wildman–Crippen LogP) is 3.87. The maximum Gasteiger partial charge on any atom is 0.340 e. The first-order valence-corrected chi connectivity index (χ1v) is 6.73. The van der Waals surface area contributed by atoms with E-state index >= 15 is 0 Å². The molecule has 4 heteroatoms. The van der Waals surface area contributed by atoms with Crippen molar-refractivity contribution in [3.05, 3.63) is 27.5 Å². The van der Waals surface area contributed by atoms with E-state index in [-0.39, 0.29) is 5.97 Å². The molecule has 0 atom stereocenters. The molecule has 18 heavy (non-hydrogen) atoms. The highest BCUT2D eigenvalue weighted by Crippen LogP contribution is 2.24. The summed E-state index contributed by atoms with van der Waals surface area (Å²) < 4.78 is 5.10. The zero-order valence-electron chi connectivity index (χ0n) is 11.5. The zero-order chi connectivity index (χ0) is 13.7. The molecule has 0 spiro atoms. The number of unbranched alkanes of at least 4 members (excludes halogenated alkanes) is 1. The molecule has 1 aromatic heterocycles. The van der Waals surface area contributed by atoms with Gasteiger partial charge in [-0.1, -0.05) is 24.9 Å². The van der Waals surface area contributed by atoms with Gasteiger partial charge >= 0.3 is 5.97 Å². The minimum Gasteiger partial charge on any atom is -0.462 e. The van der Waals surface area contributed by atoms with Crippen LogP contribution in [0.2, 0.25) is 5.15 Å². The van der Waals surface area contributed by atoms with Gasteiger partial charge in [-0.2, -0.15) is 0 Å². The van der Waals surface area contributed by atoms with Crippen LogP contribution in [0.5, 0.6) is 0 Å². The van der Waals surface area contributed by atoms with Gasteiger partial charge in [0.15, 0.2) is 0 Å². The van der Waals surface area contributed by atoms with Gasteiger partial charge < -0.3 is 4.74 Å². The van der Waals surface area contributed by atoms with Gasteiger partial charge in [0.25, 0.3) is 0 Å². The second-order valence-corrected chi connectivity index (χ2v) is 4.66. The number of aryl methyl sites for hydroxylation is 1. The Hall–Kier alpha value is -1.09. The average Bonchev–Trinajstić information content (AvgIpc) is 2.33. The van der Waals surface area contributed by atoms with Crippen LogP contribution in [0.1, 0.15) is 53.9 Å². The van der Waals surface area contributed by atoms with E-state index in [0.29, 0.717) is 17.3 Å². The van der Waals surface area contributed by atoms with E-state index in [1.165, 1.54) is 0 Å².